The summed E-state index contributed by atoms with van der Waals surface area (Å²) in [6, 6.07) is 0. The van der Waals surface area contributed by atoms with E-state index in [0.717, 1.165) is 52.0 Å². The van der Waals surface area contributed by atoms with Crippen LogP contribution in [0.25, 0.3) is 0 Å². The molecule has 1 fully saturated rings. The first-order chi connectivity index (χ1) is 13.7. The quantitative estimate of drug-likeness (QED) is 0.811. The third kappa shape index (κ3) is 4.23. The number of nitrogens with zero attached hydrogens (tertiary/aromatic N) is 5. The molecule has 4 rings (SSSR count). The van der Waals surface area contributed by atoms with Gasteiger partial charge in [-0.25, -0.2) is 4.98 Å². The summed E-state index contributed by atoms with van der Waals surface area (Å²) in [5.74, 6) is 0.356. The molecule has 2 aromatic heterocycles. The minimum absolute atomic E-state index is 0.146. The number of carbonyl (C=O) groups excluding carboxylic acids is 1. The molecule has 2 aliphatic heterocycles. The number of ether oxygens (including phenoxy) is 1. The summed E-state index contributed by atoms with van der Waals surface area (Å²) < 4.78 is 7.81. The van der Waals surface area contributed by atoms with Crippen LogP contribution in [0.5, 0.6) is 0 Å². The van der Waals surface area contributed by atoms with Gasteiger partial charge >= 0.3 is 0 Å². The van der Waals surface area contributed by atoms with Gasteiger partial charge in [0.25, 0.3) is 5.91 Å². The van der Waals surface area contributed by atoms with Gasteiger partial charge in [0, 0.05) is 49.7 Å². The monoisotopic (exact) mass is 384 g/mol. The Bertz CT molecular complexity index is 799. The van der Waals surface area contributed by atoms with Gasteiger partial charge in [-0.1, -0.05) is 0 Å². The van der Waals surface area contributed by atoms with Crippen molar-refractivity contribution in [3.63, 3.8) is 0 Å². The second-order valence-corrected chi connectivity index (χ2v) is 7.51. The van der Waals surface area contributed by atoms with Crippen molar-refractivity contribution in [2.45, 2.75) is 45.9 Å². The summed E-state index contributed by atoms with van der Waals surface area (Å²) in [6.45, 7) is 8.18. The number of hydrogen-bond donors (Lipinski definition) is 1. The van der Waals surface area contributed by atoms with Crippen LogP contribution < -0.4 is 5.32 Å². The SMILES string of the molecule is CCn1nc(CN2CCC(CNC(=O)c3cnccn3)CC2)c2c1CCOC2. The lowest BCUT2D eigenvalue weighted by atomic mass is 9.96. The highest BCUT2D eigenvalue weighted by Gasteiger charge is 2.25. The van der Waals surface area contributed by atoms with E-state index in [4.69, 9.17) is 9.84 Å². The Morgan fingerprint density at radius 2 is 2.18 bits per heavy atom. The molecule has 1 saturated heterocycles. The molecular formula is C20H28N6O2. The lowest BCUT2D eigenvalue weighted by Crippen LogP contribution is -2.38. The van der Waals surface area contributed by atoms with E-state index in [9.17, 15) is 4.79 Å². The predicted octanol–water partition coefficient (Wildman–Crippen LogP) is 1.41. The van der Waals surface area contributed by atoms with Gasteiger partial charge in [-0.3, -0.25) is 19.4 Å². The normalized spacial score (nSPS) is 18.0. The van der Waals surface area contributed by atoms with Crippen molar-refractivity contribution in [1.82, 2.24) is 30.0 Å². The van der Waals surface area contributed by atoms with Crippen LogP contribution in [0.15, 0.2) is 18.6 Å². The van der Waals surface area contributed by atoms with Crippen LogP contribution >= 0.6 is 0 Å². The largest absolute Gasteiger partial charge is 0.376 e. The Kier molecular flexibility index (Phi) is 5.97. The van der Waals surface area contributed by atoms with Crippen molar-refractivity contribution in [3.05, 3.63) is 41.2 Å². The fraction of sp³-hybridized carbons (Fsp3) is 0.600. The molecule has 0 unspecified atom stereocenters. The third-order valence-corrected chi connectivity index (χ3v) is 5.71. The first-order valence-electron chi connectivity index (χ1n) is 10.2. The Balaban J connectivity index is 1.27. The second kappa shape index (κ2) is 8.79. The van der Waals surface area contributed by atoms with Crippen molar-refractivity contribution in [3.8, 4) is 0 Å². The number of rotatable bonds is 6. The highest BCUT2D eigenvalue weighted by molar-refractivity contribution is 5.91. The van der Waals surface area contributed by atoms with Crippen LogP contribution in [0, 0.1) is 5.92 Å². The zero-order valence-electron chi connectivity index (χ0n) is 16.4. The molecule has 150 valence electrons. The molecule has 8 nitrogen and oxygen atoms in total. The number of carbonyl (C=O) groups is 1. The number of nitrogens with one attached hydrogen (secondary N) is 1. The summed E-state index contributed by atoms with van der Waals surface area (Å²) in [5, 5.41) is 7.83. The lowest BCUT2D eigenvalue weighted by molar-refractivity contribution is 0.0929. The highest BCUT2D eigenvalue weighted by Crippen LogP contribution is 2.24. The summed E-state index contributed by atoms with van der Waals surface area (Å²) >= 11 is 0. The van der Waals surface area contributed by atoms with E-state index in [1.165, 1.54) is 29.3 Å². The molecule has 0 atom stereocenters. The van der Waals surface area contributed by atoms with Crippen molar-refractivity contribution in [2.75, 3.05) is 26.2 Å². The summed E-state index contributed by atoms with van der Waals surface area (Å²) in [4.78, 5) is 22.6. The topological polar surface area (TPSA) is 85.2 Å². The molecule has 0 radical (unpaired) electrons. The van der Waals surface area contributed by atoms with E-state index < -0.39 is 0 Å². The molecule has 1 amide bonds. The number of aryl methyl sites for hydroxylation is 1. The number of amides is 1. The molecule has 0 saturated carbocycles. The van der Waals surface area contributed by atoms with Crippen LogP contribution in [0.1, 0.15) is 47.2 Å². The van der Waals surface area contributed by atoms with Crippen molar-refractivity contribution < 1.29 is 9.53 Å². The number of piperidine rings is 1. The van der Waals surface area contributed by atoms with E-state index in [1.54, 1.807) is 6.20 Å². The number of likely N-dealkylation sites (tertiary alicyclic amines) is 1. The maximum Gasteiger partial charge on any atom is 0.271 e. The summed E-state index contributed by atoms with van der Waals surface area (Å²) in [5.41, 5.74) is 4.20. The predicted molar refractivity (Wildman–Crippen MR) is 104 cm³/mol. The first kappa shape index (κ1) is 19.0. The van der Waals surface area contributed by atoms with Crippen LogP contribution in [-0.4, -0.2) is 56.8 Å². The average molecular weight is 384 g/mol. The van der Waals surface area contributed by atoms with Crippen molar-refractivity contribution in [2.24, 2.45) is 5.92 Å². The number of fused-ring (bicyclic) bond motifs is 1. The van der Waals surface area contributed by atoms with Gasteiger partial charge in [0.1, 0.15) is 5.69 Å². The molecule has 1 N–H and O–H groups in total. The highest BCUT2D eigenvalue weighted by atomic mass is 16.5. The standard InChI is InChI=1S/C20H28N6O2/c1-2-26-19-5-10-28-14-16(19)18(24-26)13-25-8-3-15(4-9-25)11-23-20(27)17-12-21-6-7-22-17/h6-7,12,15H,2-5,8-11,13-14H2,1H3,(H,23,27). The van der Waals surface area contributed by atoms with Crippen LogP contribution in [0.3, 0.4) is 0 Å². The van der Waals surface area contributed by atoms with Crippen LogP contribution in [0.4, 0.5) is 0 Å². The van der Waals surface area contributed by atoms with E-state index in [0.29, 0.717) is 24.8 Å². The number of aromatic nitrogens is 4. The molecular weight excluding hydrogens is 356 g/mol. The van der Waals surface area contributed by atoms with Gasteiger partial charge < -0.3 is 10.1 Å². The first-order valence-corrected chi connectivity index (χ1v) is 10.2. The second-order valence-electron chi connectivity index (χ2n) is 7.51. The Hall–Kier alpha value is -2.32. The Labute approximate surface area is 165 Å². The van der Waals surface area contributed by atoms with Crippen molar-refractivity contribution in [1.29, 1.82) is 0 Å². The molecule has 0 bridgehead atoms. The van der Waals surface area contributed by atoms with Crippen molar-refractivity contribution >= 4 is 5.91 Å². The maximum absolute atomic E-state index is 12.1. The Morgan fingerprint density at radius 3 is 2.93 bits per heavy atom. The zero-order chi connectivity index (χ0) is 19.3. The minimum atomic E-state index is -0.146. The molecule has 0 spiro atoms. The summed E-state index contributed by atoms with van der Waals surface area (Å²) in [7, 11) is 0. The van der Waals surface area contributed by atoms with Gasteiger partial charge in [-0.2, -0.15) is 5.10 Å². The third-order valence-electron chi connectivity index (χ3n) is 5.71. The Morgan fingerprint density at radius 1 is 1.32 bits per heavy atom. The molecule has 2 aromatic rings. The summed E-state index contributed by atoms with van der Waals surface area (Å²) in [6.07, 6.45) is 7.72. The molecule has 4 heterocycles. The molecule has 0 aromatic carbocycles. The maximum atomic E-state index is 12.1. The molecule has 0 aliphatic carbocycles. The van der Waals surface area contributed by atoms with Gasteiger partial charge in [0.05, 0.1) is 25.1 Å². The lowest BCUT2D eigenvalue weighted by Gasteiger charge is -2.31. The number of hydrogen-bond acceptors (Lipinski definition) is 6. The molecule has 28 heavy (non-hydrogen) atoms. The fourth-order valence-corrected chi connectivity index (χ4v) is 4.07. The smallest absolute Gasteiger partial charge is 0.271 e. The fourth-order valence-electron chi connectivity index (χ4n) is 4.07. The van der Waals surface area contributed by atoms with E-state index in [1.807, 2.05) is 0 Å². The van der Waals surface area contributed by atoms with Gasteiger partial charge in [0.15, 0.2) is 0 Å². The van der Waals surface area contributed by atoms with Crippen LogP contribution in [0.2, 0.25) is 0 Å². The minimum Gasteiger partial charge on any atom is -0.376 e. The van der Waals surface area contributed by atoms with Gasteiger partial charge in [-0.05, 0) is 38.8 Å². The van der Waals surface area contributed by atoms with Gasteiger partial charge in [0.2, 0.25) is 0 Å². The van der Waals surface area contributed by atoms with E-state index in [2.05, 4.69) is 31.8 Å². The van der Waals surface area contributed by atoms with Crippen LogP contribution in [-0.2, 0) is 30.9 Å². The van der Waals surface area contributed by atoms with E-state index >= 15 is 0 Å². The molecule has 2 aliphatic rings. The molecule has 8 heteroatoms. The average Bonchev–Trinajstić information content (AvgIpc) is 3.11. The van der Waals surface area contributed by atoms with E-state index in [-0.39, 0.29) is 5.91 Å². The van der Waals surface area contributed by atoms with Gasteiger partial charge in [-0.15, -0.1) is 0 Å². The zero-order valence-corrected chi connectivity index (χ0v) is 16.4.